The molecule has 3 N–H and O–H groups in total. The van der Waals surface area contributed by atoms with Gasteiger partial charge in [-0.1, -0.05) is 0 Å². The van der Waals surface area contributed by atoms with Crippen LogP contribution in [0.4, 0.5) is 5.69 Å². The van der Waals surface area contributed by atoms with Gasteiger partial charge in [-0.15, -0.1) is 0 Å². The number of primary amides is 1. The van der Waals surface area contributed by atoms with E-state index >= 15 is 0 Å². The van der Waals surface area contributed by atoms with Gasteiger partial charge in [-0.3, -0.25) is 4.79 Å². The van der Waals surface area contributed by atoms with Crippen LogP contribution < -0.4 is 11.1 Å². The Hall–Kier alpha value is -2.02. The molecule has 0 aliphatic rings. The van der Waals surface area contributed by atoms with E-state index in [9.17, 15) is 4.79 Å². The maximum absolute atomic E-state index is 10.8. The van der Waals surface area contributed by atoms with Crippen molar-refractivity contribution in [2.75, 3.05) is 5.32 Å². The number of nitrogens with two attached hydrogens (primary N) is 1. The van der Waals surface area contributed by atoms with Crippen LogP contribution in [0.1, 0.15) is 18.1 Å². The van der Waals surface area contributed by atoms with Crippen molar-refractivity contribution >= 4 is 11.6 Å². The first-order chi connectivity index (χ1) is 7.04. The minimum Gasteiger partial charge on any atom is -0.374 e. The van der Waals surface area contributed by atoms with Crippen LogP contribution in [-0.2, 0) is 4.79 Å². The number of carbonyl (C=O) groups is 1. The summed E-state index contributed by atoms with van der Waals surface area (Å²) in [5.41, 5.74) is 7.42. The normalized spacial score (nSPS) is 11.5. The van der Waals surface area contributed by atoms with Gasteiger partial charge in [-0.2, -0.15) is 5.26 Å². The molecule has 15 heavy (non-hydrogen) atoms. The molecule has 0 aliphatic carbocycles. The summed E-state index contributed by atoms with van der Waals surface area (Å²) in [5.74, 6) is -0.406. The first kappa shape index (κ1) is 11.1. The minimum atomic E-state index is -0.419. The van der Waals surface area contributed by atoms with Crippen LogP contribution in [0.5, 0.6) is 0 Å². The summed E-state index contributed by atoms with van der Waals surface area (Å²) in [5, 5.41) is 11.7. The van der Waals surface area contributed by atoms with Crippen LogP contribution in [0, 0.1) is 18.3 Å². The molecule has 0 radical (unpaired) electrons. The van der Waals surface area contributed by atoms with Crippen molar-refractivity contribution in [3.05, 3.63) is 29.3 Å². The fraction of sp³-hybridized carbons (Fsp3) is 0.273. The van der Waals surface area contributed by atoms with E-state index in [1.807, 2.05) is 13.0 Å². The highest BCUT2D eigenvalue weighted by Crippen LogP contribution is 2.14. The van der Waals surface area contributed by atoms with Gasteiger partial charge in [0.15, 0.2) is 0 Å². The van der Waals surface area contributed by atoms with Gasteiger partial charge in [0.2, 0.25) is 5.91 Å². The van der Waals surface area contributed by atoms with E-state index in [0.29, 0.717) is 5.56 Å². The molecule has 4 nitrogen and oxygen atoms in total. The number of carbonyl (C=O) groups excluding carboxylic acids is 1. The zero-order valence-corrected chi connectivity index (χ0v) is 8.74. The number of nitriles is 1. The number of hydrogen-bond acceptors (Lipinski definition) is 3. The second-order valence-electron chi connectivity index (χ2n) is 3.41. The molecule has 0 aromatic heterocycles. The van der Waals surface area contributed by atoms with Crippen LogP contribution in [0.25, 0.3) is 0 Å². The van der Waals surface area contributed by atoms with Crippen LogP contribution in [0.15, 0.2) is 18.2 Å². The van der Waals surface area contributed by atoms with Gasteiger partial charge in [-0.25, -0.2) is 0 Å². The summed E-state index contributed by atoms with van der Waals surface area (Å²) >= 11 is 0. The molecule has 1 aromatic carbocycles. The van der Waals surface area contributed by atoms with Crippen molar-refractivity contribution < 1.29 is 4.79 Å². The molecule has 0 aliphatic heterocycles. The molecule has 0 saturated heterocycles. The number of nitrogens with one attached hydrogen (secondary N) is 1. The monoisotopic (exact) mass is 203 g/mol. The Morgan fingerprint density at radius 2 is 2.27 bits per heavy atom. The Bertz CT molecular complexity index is 420. The highest BCUT2D eigenvalue weighted by atomic mass is 16.1. The Morgan fingerprint density at radius 1 is 1.60 bits per heavy atom. The second-order valence-corrected chi connectivity index (χ2v) is 3.41. The van der Waals surface area contributed by atoms with Crippen molar-refractivity contribution in [1.82, 2.24) is 0 Å². The standard InChI is InChI=1S/C11H13N3O/c1-7-5-10(4-3-9(7)6-12)14-8(2)11(13)15/h3-5,8,14H,1-2H3,(H2,13,15). The van der Waals surface area contributed by atoms with Gasteiger partial charge in [0.1, 0.15) is 6.04 Å². The molecule has 78 valence electrons. The molecule has 1 atom stereocenters. The first-order valence-corrected chi connectivity index (χ1v) is 4.61. The zero-order chi connectivity index (χ0) is 11.4. The lowest BCUT2D eigenvalue weighted by atomic mass is 10.1. The summed E-state index contributed by atoms with van der Waals surface area (Å²) < 4.78 is 0. The van der Waals surface area contributed by atoms with E-state index in [-0.39, 0.29) is 0 Å². The molecule has 0 bridgehead atoms. The fourth-order valence-corrected chi connectivity index (χ4v) is 1.20. The summed E-state index contributed by atoms with van der Waals surface area (Å²) in [6, 6.07) is 6.95. The third-order valence-corrected chi connectivity index (χ3v) is 2.16. The van der Waals surface area contributed by atoms with E-state index in [2.05, 4.69) is 11.4 Å². The molecule has 1 rings (SSSR count). The van der Waals surface area contributed by atoms with E-state index < -0.39 is 11.9 Å². The molecule has 0 fully saturated rings. The molecular formula is C11H13N3O. The maximum Gasteiger partial charge on any atom is 0.239 e. The third kappa shape index (κ3) is 2.71. The van der Waals surface area contributed by atoms with Gasteiger partial charge in [-0.05, 0) is 37.6 Å². The third-order valence-electron chi connectivity index (χ3n) is 2.16. The molecule has 0 heterocycles. The molecule has 0 saturated carbocycles. The summed E-state index contributed by atoms with van der Waals surface area (Å²) in [7, 11) is 0. The van der Waals surface area contributed by atoms with Crippen LogP contribution in [0.3, 0.4) is 0 Å². The SMILES string of the molecule is Cc1cc(NC(C)C(N)=O)ccc1C#N. The highest BCUT2D eigenvalue weighted by molar-refractivity contribution is 5.82. The number of aryl methyl sites for hydroxylation is 1. The quantitative estimate of drug-likeness (QED) is 0.773. The van der Waals surface area contributed by atoms with E-state index in [4.69, 9.17) is 11.0 Å². The molecule has 0 spiro atoms. The average Bonchev–Trinajstić information content (AvgIpc) is 2.18. The molecule has 1 unspecified atom stereocenters. The lowest BCUT2D eigenvalue weighted by Gasteiger charge is -2.12. The number of amides is 1. The van der Waals surface area contributed by atoms with Gasteiger partial charge < -0.3 is 11.1 Å². The Balaban J connectivity index is 2.85. The van der Waals surface area contributed by atoms with Gasteiger partial charge in [0, 0.05) is 5.69 Å². The van der Waals surface area contributed by atoms with Gasteiger partial charge in [0.05, 0.1) is 11.6 Å². The average molecular weight is 203 g/mol. The molecule has 1 amide bonds. The molecule has 1 aromatic rings. The fourth-order valence-electron chi connectivity index (χ4n) is 1.20. The Kier molecular flexibility index (Phi) is 3.29. The van der Waals surface area contributed by atoms with Crippen molar-refractivity contribution in [3.8, 4) is 6.07 Å². The first-order valence-electron chi connectivity index (χ1n) is 4.61. The van der Waals surface area contributed by atoms with E-state index in [1.165, 1.54) is 0 Å². The Morgan fingerprint density at radius 3 is 2.73 bits per heavy atom. The number of nitrogens with zero attached hydrogens (tertiary/aromatic N) is 1. The lowest BCUT2D eigenvalue weighted by Crippen LogP contribution is -2.32. The number of anilines is 1. The second kappa shape index (κ2) is 4.47. The predicted molar refractivity (Wildman–Crippen MR) is 58.2 cm³/mol. The number of benzene rings is 1. The number of hydrogen-bond donors (Lipinski definition) is 2. The topological polar surface area (TPSA) is 78.9 Å². The van der Waals surface area contributed by atoms with Crippen molar-refractivity contribution in [3.63, 3.8) is 0 Å². The number of rotatable bonds is 3. The van der Waals surface area contributed by atoms with Crippen molar-refractivity contribution in [2.24, 2.45) is 5.73 Å². The molecular weight excluding hydrogens is 190 g/mol. The van der Waals surface area contributed by atoms with Crippen LogP contribution >= 0.6 is 0 Å². The van der Waals surface area contributed by atoms with E-state index in [1.54, 1.807) is 19.1 Å². The van der Waals surface area contributed by atoms with E-state index in [0.717, 1.165) is 11.3 Å². The highest BCUT2D eigenvalue weighted by Gasteiger charge is 2.08. The summed E-state index contributed by atoms with van der Waals surface area (Å²) in [6.45, 7) is 3.54. The Labute approximate surface area is 88.7 Å². The lowest BCUT2D eigenvalue weighted by molar-refractivity contribution is -0.118. The summed E-state index contributed by atoms with van der Waals surface area (Å²) in [4.78, 5) is 10.8. The molecule has 4 heteroatoms. The van der Waals surface area contributed by atoms with Gasteiger partial charge >= 0.3 is 0 Å². The van der Waals surface area contributed by atoms with Crippen molar-refractivity contribution in [2.45, 2.75) is 19.9 Å². The smallest absolute Gasteiger partial charge is 0.239 e. The van der Waals surface area contributed by atoms with Crippen molar-refractivity contribution in [1.29, 1.82) is 5.26 Å². The van der Waals surface area contributed by atoms with Gasteiger partial charge in [0.25, 0.3) is 0 Å². The minimum absolute atomic E-state index is 0.406. The largest absolute Gasteiger partial charge is 0.374 e. The zero-order valence-electron chi connectivity index (χ0n) is 8.74. The summed E-state index contributed by atoms with van der Waals surface area (Å²) in [6.07, 6.45) is 0. The van der Waals surface area contributed by atoms with Crippen LogP contribution in [-0.4, -0.2) is 11.9 Å². The van der Waals surface area contributed by atoms with Crippen LogP contribution in [0.2, 0.25) is 0 Å². The maximum atomic E-state index is 10.8. The predicted octanol–water partition coefficient (Wildman–Crippen LogP) is 1.15.